The largest absolute Gasteiger partial charge is 0.493 e. The molecule has 12 heteroatoms. The predicted molar refractivity (Wildman–Crippen MR) is 243 cm³/mol. The van der Waals surface area contributed by atoms with E-state index in [4.69, 9.17) is 18.9 Å². The number of esters is 2. The highest BCUT2D eigenvalue weighted by atomic mass is 16.5. The minimum absolute atomic E-state index is 0.0186. The van der Waals surface area contributed by atoms with Crippen molar-refractivity contribution >= 4 is 23.6 Å². The molecule has 4 heterocycles. The van der Waals surface area contributed by atoms with Crippen molar-refractivity contribution in [1.82, 2.24) is 19.9 Å². The number of ether oxygens (including phenoxy) is 4. The van der Waals surface area contributed by atoms with Gasteiger partial charge in [0.15, 0.2) is 0 Å². The first-order chi connectivity index (χ1) is 30.3. The molecule has 0 bridgehead atoms. The first-order valence-corrected chi connectivity index (χ1v) is 21.2. The number of benzene rings is 2. The molecule has 0 aliphatic rings. The maximum Gasteiger partial charge on any atom is 0.306 e. The van der Waals surface area contributed by atoms with E-state index in [2.05, 4.69) is 30.6 Å². The number of hydrogen-bond donors (Lipinski definition) is 2. The van der Waals surface area contributed by atoms with Crippen molar-refractivity contribution < 1.29 is 28.5 Å². The molecule has 4 aromatic heterocycles. The normalized spacial score (nSPS) is 11.5. The van der Waals surface area contributed by atoms with Gasteiger partial charge in [-0.1, -0.05) is 48.5 Å². The van der Waals surface area contributed by atoms with Crippen molar-refractivity contribution in [2.24, 2.45) is 0 Å². The van der Waals surface area contributed by atoms with Crippen LogP contribution in [0.25, 0.3) is 0 Å². The third kappa shape index (κ3) is 16.0. The van der Waals surface area contributed by atoms with Gasteiger partial charge in [0.2, 0.25) is 0 Å². The van der Waals surface area contributed by atoms with E-state index in [1.54, 1.807) is 12.4 Å². The van der Waals surface area contributed by atoms with Gasteiger partial charge in [-0.05, 0) is 121 Å². The molecule has 0 spiro atoms. The van der Waals surface area contributed by atoms with E-state index in [9.17, 15) is 9.59 Å². The predicted octanol–water partition coefficient (Wildman–Crippen LogP) is 8.84. The zero-order chi connectivity index (χ0) is 43.8. The van der Waals surface area contributed by atoms with Gasteiger partial charge in [-0.3, -0.25) is 19.6 Å². The molecule has 324 valence electrons. The van der Waals surface area contributed by atoms with Crippen LogP contribution in [0.1, 0.15) is 72.2 Å². The third-order valence-corrected chi connectivity index (χ3v) is 9.94. The standard InChI is InChI=1S/2C25H29N3O3/c2*1-3-30-25(29)17-21(20-6-5-14-27-18-20)16-19-9-11-23(12-10-19)31-15-13-22-7-4-8-24(26-2)28-22/h2*4-12,14,18,21H,3,13,15-17H2,1-2H3,(H,26,28)/t2*21-/m00/s1. The average Bonchev–Trinajstić information content (AvgIpc) is 3.31. The summed E-state index contributed by atoms with van der Waals surface area (Å²) in [6, 6.07) is 35.7. The Hall–Kier alpha value is -6.82. The molecule has 12 nitrogen and oxygen atoms in total. The molecule has 0 saturated carbocycles. The van der Waals surface area contributed by atoms with Crippen LogP contribution >= 0.6 is 0 Å². The molecule has 0 unspecified atom stereocenters. The number of carbonyl (C=O) groups is 2. The Morgan fingerprint density at radius 3 is 1.32 bits per heavy atom. The number of anilines is 2. The summed E-state index contributed by atoms with van der Waals surface area (Å²) in [6.07, 6.45) is 10.7. The number of hydrogen-bond acceptors (Lipinski definition) is 12. The molecule has 0 aliphatic carbocycles. The van der Waals surface area contributed by atoms with Gasteiger partial charge >= 0.3 is 11.9 Å². The van der Waals surface area contributed by atoms with Crippen LogP contribution in [0.5, 0.6) is 11.5 Å². The van der Waals surface area contributed by atoms with Gasteiger partial charge < -0.3 is 29.6 Å². The molecule has 6 rings (SSSR count). The Morgan fingerprint density at radius 1 is 0.548 bits per heavy atom. The van der Waals surface area contributed by atoms with Crippen LogP contribution in [0.4, 0.5) is 11.6 Å². The fraction of sp³-hybridized carbons (Fsp3) is 0.320. The van der Waals surface area contributed by atoms with Crippen LogP contribution in [0.3, 0.4) is 0 Å². The minimum atomic E-state index is -0.188. The van der Waals surface area contributed by atoms with Gasteiger partial charge in [-0.25, -0.2) is 9.97 Å². The van der Waals surface area contributed by atoms with Crippen LogP contribution in [0.15, 0.2) is 134 Å². The second-order valence-electron chi connectivity index (χ2n) is 14.4. The second kappa shape index (κ2) is 25.7. The summed E-state index contributed by atoms with van der Waals surface area (Å²) in [4.78, 5) is 41.6. The van der Waals surface area contributed by atoms with Crippen molar-refractivity contribution in [3.8, 4) is 11.5 Å². The molecule has 0 aliphatic heterocycles. The molecule has 2 N–H and O–H groups in total. The minimum Gasteiger partial charge on any atom is -0.493 e. The van der Waals surface area contributed by atoms with Crippen molar-refractivity contribution in [2.45, 2.75) is 64.2 Å². The fourth-order valence-corrected chi connectivity index (χ4v) is 6.77. The number of nitrogens with one attached hydrogen (secondary N) is 2. The van der Waals surface area contributed by atoms with E-state index in [0.717, 1.165) is 82.5 Å². The lowest BCUT2D eigenvalue weighted by Crippen LogP contribution is -2.13. The topological polar surface area (TPSA) is 147 Å². The monoisotopic (exact) mass is 838 g/mol. The molecular formula is C50H58N6O6. The summed E-state index contributed by atoms with van der Waals surface area (Å²) in [6.45, 7) is 5.53. The fourth-order valence-electron chi connectivity index (χ4n) is 6.77. The summed E-state index contributed by atoms with van der Waals surface area (Å²) in [7, 11) is 3.71. The lowest BCUT2D eigenvalue weighted by molar-refractivity contribution is -0.144. The molecule has 0 fully saturated rings. The number of aromatic nitrogens is 4. The molecule has 2 atom stereocenters. The molecular weight excluding hydrogens is 781 g/mol. The molecule has 0 saturated heterocycles. The Kier molecular flexibility index (Phi) is 19.2. The van der Waals surface area contributed by atoms with Gasteiger partial charge in [0.25, 0.3) is 0 Å². The number of pyridine rings is 4. The Labute approximate surface area is 365 Å². The van der Waals surface area contributed by atoms with E-state index in [1.807, 2.05) is 150 Å². The highest BCUT2D eigenvalue weighted by molar-refractivity contribution is 5.71. The van der Waals surface area contributed by atoms with Gasteiger partial charge in [-0.15, -0.1) is 0 Å². The van der Waals surface area contributed by atoms with Gasteiger partial charge in [0.1, 0.15) is 23.1 Å². The quantitative estimate of drug-likeness (QED) is 0.0630. The summed E-state index contributed by atoms with van der Waals surface area (Å²) in [5, 5.41) is 6.09. The molecule has 0 amide bonds. The first kappa shape index (κ1) is 46.2. The van der Waals surface area contributed by atoms with Crippen molar-refractivity contribution in [1.29, 1.82) is 0 Å². The van der Waals surface area contributed by atoms with Crippen LogP contribution in [0, 0.1) is 0 Å². The first-order valence-electron chi connectivity index (χ1n) is 21.2. The third-order valence-electron chi connectivity index (χ3n) is 9.94. The maximum absolute atomic E-state index is 12.1. The lowest BCUT2D eigenvalue weighted by Gasteiger charge is -2.17. The number of rotatable bonds is 22. The summed E-state index contributed by atoms with van der Waals surface area (Å²) < 4.78 is 22.1. The highest BCUT2D eigenvalue weighted by Crippen LogP contribution is 2.27. The van der Waals surface area contributed by atoms with Gasteiger partial charge in [0, 0.05) is 63.1 Å². The van der Waals surface area contributed by atoms with Crippen LogP contribution in [-0.2, 0) is 44.7 Å². The Morgan fingerprint density at radius 2 is 0.968 bits per heavy atom. The molecule has 0 radical (unpaired) electrons. The number of carbonyl (C=O) groups excluding carboxylic acids is 2. The summed E-state index contributed by atoms with van der Waals surface area (Å²) in [5.41, 5.74) is 6.31. The van der Waals surface area contributed by atoms with Crippen LogP contribution in [-0.4, -0.2) is 72.4 Å². The van der Waals surface area contributed by atoms with Gasteiger partial charge in [-0.2, -0.15) is 0 Å². The van der Waals surface area contributed by atoms with E-state index in [-0.39, 0.29) is 23.8 Å². The summed E-state index contributed by atoms with van der Waals surface area (Å²) >= 11 is 0. The van der Waals surface area contributed by atoms with Crippen LogP contribution in [0.2, 0.25) is 0 Å². The van der Waals surface area contributed by atoms with Gasteiger partial charge in [0.05, 0.1) is 39.3 Å². The lowest BCUT2D eigenvalue weighted by atomic mass is 9.90. The highest BCUT2D eigenvalue weighted by Gasteiger charge is 2.19. The second-order valence-corrected chi connectivity index (χ2v) is 14.4. The maximum atomic E-state index is 12.1. The SMILES string of the molecule is CCOC(=O)C[C@H](Cc1ccc(OCCc2cccc(NC)n2)cc1)c1cccnc1.CCOC(=O)C[C@H](Cc1ccc(OCCc2cccc(NC)n2)cc1)c1cccnc1. The Bertz CT molecular complexity index is 2050. The molecule has 2 aromatic carbocycles. The van der Waals surface area contributed by atoms with Crippen molar-refractivity contribution in [3.05, 3.63) is 168 Å². The summed E-state index contributed by atoms with van der Waals surface area (Å²) in [5.74, 6) is 3.00. The Balaban J connectivity index is 0.000000234. The average molecular weight is 839 g/mol. The number of nitrogens with zero attached hydrogens (tertiary/aromatic N) is 4. The van der Waals surface area contributed by atoms with Crippen molar-refractivity contribution in [2.75, 3.05) is 51.2 Å². The van der Waals surface area contributed by atoms with Crippen LogP contribution < -0.4 is 20.1 Å². The van der Waals surface area contributed by atoms with E-state index in [0.29, 0.717) is 39.3 Å². The molecule has 62 heavy (non-hydrogen) atoms. The zero-order valence-electron chi connectivity index (χ0n) is 36.2. The molecule has 6 aromatic rings. The van der Waals surface area contributed by atoms with E-state index in [1.165, 1.54) is 0 Å². The zero-order valence-corrected chi connectivity index (χ0v) is 36.2. The van der Waals surface area contributed by atoms with Crippen molar-refractivity contribution in [3.63, 3.8) is 0 Å². The van der Waals surface area contributed by atoms with E-state index < -0.39 is 0 Å². The van der Waals surface area contributed by atoms with E-state index >= 15 is 0 Å². The smallest absolute Gasteiger partial charge is 0.306 e.